The molecular weight excluding hydrogens is 136 g/mol. The normalized spacial score (nSPS) is 38.7. The first-order valence-electron chi connectivity index (χ1n) is 4.83. The van der Waals surface area contributed by atoms with Gasteiger partial charge in [-0.2, -0.15) is 0 Å². The predicted molar refractivity (Wildman–Crippen MR) is 45.7 cm³/mol. The minimum Gasteiger partial charge on any atom is -0.271 e. The highest BCUT2D eigenvalue weighted by molar-refractivity contribution is 4.99. The van der Waals surface area contributed by atoms with Gasteiger partial charge in [-0.25, -0.2) is 0 Å². The lowest BCUT2D eigenvalue weighted by atomic mass is 10.1. The lowest BCUT2D eigenvalue weighted by Crippen LogP contribution is -2.38. The Hall–Kier alpha value is -0.0800. The highest BCUT2D eigenvalue weighted by atomic mass is 15.2. The van der Waals surface area contributed by atoms with Crippen LogP contribution in [0.1, 0.15) is 32.6 Å². The van der Waals surface area contributed by atoms with Crippen molar-refractivity contribution in [2.45, 2.75) is 38.6 Å². The Morgan fingerprint density at radius 3 is 2.64 bits per heavy atom. The Labute approximate surface area is 68.5 Å². The summed E-state index contributed by atoms with van der Waals surface area (Å²) in [5.74, 6) is 8.34. The van der Waals surface area contributed by atoms with E-state index in [4.69, 9.17) is 5.84 Å². The maximum Gasteiger partial charge on any atom is 0.0269 e. The average Bonchev–Trinajstić information content (AvgIpc) is 2.82. The lowest BCUT2D eigenvalue weighted by Gasteiger charge is -2.13. The zero-order chi connectivity index (χ0) is 7.84. The van der Waals surface area contributed by atoms with Gasteiger partial charge < -0.3 is 0 Å². The molecule has 2 nitrogen and oxygen atoms in total. The molecule has 0 aromatic carbocycles. The Bertz CT molecular complexity index is 142. The summed E-state index contributed by atoms with van der Waals surface area (Å²) < 4.78 is 0. The van der Waals surface area contributed by atoms with E-state index in [0.717, 1.165) is 17.8 Å². The number of hydrogen-bond acceptors (Lipinski definition) is 2. The minimum atomic E-state index is 0.653. The summed E-state index contributed by atoms with van der Waals surface area (Å²) in [5.41, 5.74) is 2.99. The fourth-order valence-corrected chi connectivity index (χ4v) is 2.24. The van der Waals surface area contributed by atoms with Crippen LogP contribution >= 0.6 is 0 Å². The first-order valence-corrected chi connectivity index (χ1v) is 4.83. The van der Waals surface area contributed by atoms with Crippen LogP contribution in [-0.2, 0) is 0 Å². The third-order valence-electron chi connectivity index (χ3n) is 3.29. The van der Waals surface area contributed by atoms with Crippen molar-refractivity contribution in [3.05, 3.63) is 0 Å². The van der Waals surface area contributed by atoms with Gasteiger partial charge in [0.15, 0.2) is 0 Å². The van der Waals surface area contributed by atoms with Crippen molar-refractivity contribution in [3.63, 3.8) is 0 Å². The molecule has 2 fully saturated rings. The third kappa shape index (κ3) is 1.42. The zero-order valence-corrected chi connectivity index (χ0v) is 7.22. The summed E-state index contributed by atoms with van der Waals surface area (Å²) >= 11 is 0. The van der Waals surface area contributed by atoms with Crippen molar-refractivity contribution >= 4 is 0 Å². The van der Waals surface area contributed by atoms with Gasteiger partial charge in [0, 0.05) is 6.04 Å². The van der Waals surface area contributed by atoms with Gasteiger partial charge in [0.05, 0.1) is 0 Å². The van der Waals surface area contributed by atoms with E-state index in [0.29, 0.717) is 6.04 Å². The van der Waals surface area contributed by atoms with Gasteiger partial charge in [-0.3, -0.25) is 11.3 Å². The van der Waals surface area contributed by atoms with Crippen LogP contribution < -0.4 is 11.3 Å². The van der Waals surface area contributed by atoms with E-state index in [1.54, 1.807) is 0 Å². The molecule has 2 rings (SSSR count). The van der Waals surface area contributed by atoms with Crippen molar-refractivity contribution in [2.24, 2.45) is 23.6 Å². The molecule has 0 bridgehead atoms. The molecule has 2 heteroatoms. The van der Waals surface area contributed by atoms with Gasteiger partial charge in [0.2, 0.25) is 0 Å². The molecule has 0 amide bonds. The van der Waals surface area contributed by atoms with Crippen LogP contribution in [0.15, 0.2) is 0 Å². The maximum absolute atomic E-state index is 5.52. The molecule has 0 radical (unpaired) electrons. The molecule has 0 aromatic rings. The summed E-state index contributed by atoms with van der Waals surface area (Å²) in [6.45, 7) is 2.28. The van der Waals surface area contributed by atoms with Gasteiger partial charge in [-0.1, -0.05) is 13.3 Å². The number of nitrogens with one attached hydrogen (secondary N) is 1. The SMILES string of the molecule is CC[C@@H]1C[C@H]1C(NN)C1CC1. The average molecular weight is 154 g/mol. The van der Waals surface area contributed by atoms with E-state index in [1.165, 1.54) is 25.7 Å². The quantitative estimate of drug-likeness (QED) is 0.473. The van der Waals surface area contributed by atoms with Gasteiger partial charge in [-0.15, -0.1) is 0 Å². The van der Waals surface area contributed by atoms with Crippen LogP contribution in [0.4, 0.5) is 0 Å². The summed E-state index contributed by atoms with van der Waals surface area (Å²) in [4.78, 5) is 0. The fraction of sp³-hybridized carbons (Fsp3) is 1.00. The van der Waals surface area contributed by atoms with Crippen molar-refractivity contribution in [2.75, 3.05) is 0 Å². The first kappa shape index (κ1) is 7.56. The van der Waals surface area contributed by atoms with Gasteiger partial charge in [0.25, 0.3) is 0 Å². The lowest BCUT2D eigenvalue weighted by molar-refractivity contribution is 0.404. The van der Waals surface area contributed by atoms with E-state index in [1.807, 2.05) is 0 Å². The molecular formula is C9H18N2. The molecule has 0 spiro atoms. The van der Waals surface area contributed by atoms with E-state index in [2.05, 4.69) is 12.3 Å². The van der Waals surface area contributed by atoms with Crippen LogP contribution in [0.3, 0.4) is 0 Å². The second-order valence-electron chi connectivity index (χ2n) is 4.10. The zero-order valence-electron chi connectivity index (χ0n) is 7.22. The standard InChI is InChI=1S/C9H18N2/c1-2-6-5-8(6)9(11-10)7-3-4-7/h6-9,11H,2-5,10H2,1H3/t6-,8-,9?/m1/s1. The molecule has 2 saturated carbocycles. The number of hydrazine groups is 1. The van der Waals surface area contributed by atoms with E-state index >= 15 is 0 Å². The van der Waals surface area contributed by atoms with Crippen molar-refractivity contribution in [1.82, 2.24) is 5.43 Å². The topological polar surface area (TPSA) is 38.0 Å². The molecule has 3 N–H and O–H groups in total. The smallest absolute Gasteiger partial charge is 0.0269 e. The Balaban J connectivity index is 1.82. The van der Waals surface area contributed by atoms with Crippen LogP contribution in [0.2, 0.25) is 0 Å². The number of hydrogen-bond donors (Lipinski definition) is 2. The summed E-state index contributed by atoms with van der Waals surface area (Å²) in [5, 5.41) is 0. The molecule has 0 aromatic heterocycles. The molecule has 11 heavy (non-hydrogen) atoms. The largest absolute Gasteiger partial charge is 0.271 e. The third-order valence-corrected chi connectivity index (χ3v) is 3.29. The van der Waals surface area contributed by atoms with Crippen LogP contribution in [0.25, 0.3) is 0 Å². The molecule has 2 aliphatic rings. The van der Waals surface area contributed by atoms with Crippen molar-refractivity contribution < 1.29 is 0 Å². The molecule has 2 aliphatic carbocycles. The Morgan fingerprint density at radius 1 is 1.55 bits per heavy atom. The summed E-state index contributed by atoms with van der Waals surface area (Å²) in [6.07, 6.45) is 5.57. The predicted octanol–water partition coefficient (Wildman–Crippen LogP) is 1.27. The fourth-order valence-electron chi connectivity index (χ4n) is 2.24. The van der Waals surface area contributed by atoms with E-state index in [9.17, 15) is 0 Å². The number of nitrogens with two attached hydrogens (primary N) is 1. The van der Waals surface area contributed by atoms with Gasteiger partial charge >= 0.3 is 0 Å². The molecule has 1 unspecified atom stereocenters. The van der Waals surface area contributed by atoms with Crippen molar-refractivity contribution in [3.8, 4) is 0 Å². The molecule has 0 saturated heterocycles. The molecule has 0 heterocycles. The molecule has 3 atom stereocenters. The molecule has 0 aliphatic heterocycles. The number of rotatable bonds is 4. The van der Waals surface area contributed by atoms with Crippen LogP contribution in [0, 0.1) is 17.8 Å². The highest BCUT2D eigenvalue weighted by Crippen LogP contribution is 2.49. The van der Waals surface area contributed by atoms with Crippen LogP contribution in [0.5, 0.6) is 0 Å². The summed E-state index contributed by atoms with van der Waals surface area (Å²) in [6, 6.07) is 0.653. The Morgan fingerprint density at radius 2 is 2.27 bits per heavy atom. The second kappa shape index (κ2) is 2.76. The van der Waals surface area contributed by atoms with Crippen molar-refractivity contribution in [1.29, 1.82) is 0 Å². The highest BCUT2D eigenvalue weighted by Gasteiger charge is 2.46. The maximum atomic E-state index is 5.52. The molecule has 64 valence electrons. The monoisotopic (exact) mass is 154 g/mol. The first-order chi connectivity index (χ1) is 5.36. The second-order valence-corrected chi connectivity index (χ2v) is 4.10. The summed E-state index contributed by atoms with van der Waals surface area (Å²) in [7, 11) is 0. The van der Waals surface area contributed by atoms with E-state index < -0.39 is 0 Å². The minimum absolute atomic E-state index is 0.653. The van der Waals surface area contributed by atoms with E-state index in [-0.39, 0.29) is 0 Å². The Kier molecular flexibility index (Phi) is 1.90. The van der Waals surface area contributed by atoms with Gasteiger partial charge in [0.1, 0.15) is 0 Å². The van der Waals surface area contributed by atoms with Gasteiger partial charge in [-0.05, 0) is 37.0 Å². The van der Waals surface area contributed by atoms with Crippen LogP contribution in [-0.4, -0.2) is 6.04 Å².